The van der Waals surface area contributed by atoms with Crippen LogP contribution in [0.5, 0.6) is 0 Å². The Balaban J connectivity index is 1.90. The number of nitrogens with one attached hydrogen (secondary N) is 2. The van der Waals surface area contributed by atoms with Gasteiger partial charge in [0.2, 0.25) is 5.91 Å². The normalized spacial score (nSPS) is 18.2. The molecule has 0 saturated carbocycles. The number of likely N-dealkylation sites (N-methyl/N-ethyl adjacent to an activating group) is 1. The summed E-state index contributed by atoms with van der Waals surface area (Å²) in [6.45, 7) is 3.74. The van der Waals surface area contributed by atoms with Crippen LogP contribution in [0, 0.1) is 5.92 Å². The molecule has 218 valence electrons. The average Bonchev–Trinajstić information content (AvgIpc) is 2.91. The molecule has 1 aliphatic heterocycles. The van der Waals surface area contributed by atoms with E-state index in [1.807, 2.05) is 19.9 Å². The molecule has 3 rings (SSSR count). The molecule has 1 aromatic carbocycles. The summed E-state index contributed by atoms with van der Waals surface area (Å²) in [6.07, 6.45) is 3.04. The van der Waals surface area contributed by atoms with Crippen molar-refractivity contribution in [3.05, 3.63) is 60.2 Å². The summed E-state index contributed by atoms with van der Waals surface area (Å²) in [7, 11) is 1.39. The SMILES string of the molecule is CC(C)C[C@H](NC(=O)[C@H](Cc1ccccc1)NC(=O)c1cnccn1)B1OC(=O)C[C@](CC(=O)O)(C(=O)N(C)C)O1. The van der Waals surface area contributed by atoms with Crippen LogP contribution in [0.3, 0.4) is 0 Å². The molecule has 0 spiro atoms. The molecule has 1 fully saturated rings. The third-order valence-corrected chi connectivity index (χ3v) is 6.33. The van der Waals surface area contributed by atoms with Crippen LogP contribution in [0.2, 0.25) is 0 Å². The summed E-state index contributed by atoms with van der Waals surface area (Å²) < 4.78 is 11.4. The number of carbonyl (C=O) groups excluding carboxylic acids is 4. The molecule has 3 amide bonds. The van der Waals surface area contributed by atoms with Crippen molar-refractivity contribution in [1.29, 1.82) is 0 Å². The van der Waals surface area contributed by atoms with E-state index in [4.69, 9.17) is 9.31 Å². The van der Waals surface area contributed by atoms with Gasteiger partial charge in [-0.1, -0.05) is 44.2 Å². The predicted molar refractivity (Wildman–Crippen MR) is 146 cm³/mol. The van der Waals surface area contributed by atoms with Gasteiger partial charge in [-0.2, -0.15) is 0 Å². The molecule has 41 heavy (non-hydrogen) atoms. The molecule has 1 aromatic heterocycles. The number of hydrogen-bond donors (Lipinski definition) is 3. The minimum atomic E-state index is -2.01. The number of carbonyl (C=O) groups is 5. The molecule has 1 saturated heterocycles. The first kappa shape index (κ1) is 31.2. The first-order valence-electron chi connectivity index (χ1n) is 13.1. The number of hydrogen-bond acceptors (Lipinski definition) is 9. The Hall–Kier alpha value is -4.33. The molecule has 2 heterocycles. The lowest BCUT2D eigenvalue weighted by Crippen LogP contribution is -2.64. The maximum absolute atomic E-state index is 13.7. The van der Waals surface area contributed by atoms with E-state index in [2.05, 4.69) is 20.6 Å². The Morgan fingerprint density at radius 3 is 2.41 bits per heavy atom. The fraction of sp³-hybridized carbons (Fsp3) is 0.444. The van der Waals surface area contributed by atoms with E-state index in [1.54, 1.807) is 24.3 Å². The molecule has 1 aliphatic rings. The largest absolute Gasteiger partial charge is 0.552 e. The van der Waals surface area contributed by atoms with Crippen molar-refractivity contribution in [2.24, 2.45) is 5.92 Å². The zero-order chi connectivity index (χ0) is 30.2. The van der Waals surface area contributed by atoms with Gasteiger partial charge in [0, 0.05) is 32.9 Å². The van der Waals surface area contributed by atoms with Gasteiger partial charge in [0.25, 0.3) is 17.8 Å². The van der Waals surface area contributed by atoms with E-state index < -0.39 is 67.2 Å². The van der Waals surface area contributed by atoms with E-state index in [-0.39, 0.29) is 24.5 Å². The zero-order valence-electron chi connectivity index (χ0n) is 23.4. The smallest absolute Gasteiger partial charge is 0.508 e. The number of nitrogens with zero attached hydrogens (tertiary/aromatic N) is 3. The van der Waals surface area contributed by atoms with Crippen LogP contribution in [-0.4, -0.2) is 88.4 Å². The van der Waals surface area contributed by atoms with Gasteiger partial charge < -0.3 is 29.9 Å². The van der Waals surface area contributed by atoms with Crippen LogP contribution in [0.15, 0.2) is 48.9 Å². The van der Waals surface area contributed by atoms with Gasteiger partial charge in [0.05, 0.1) is 25.0 Å². The Morgan fingerprint density at radius 1 is 1.12 bits per heavy atom. The standard InChI is InChI=1S/C27H34BN5O8/c1-17(2)12-21(28-40-23(36)15-27(41-28,14-22(34)35)26(39)33(3)4)32-24(37)19(13-18-8-6-5-7-9-18)31-25(38)20-16-29-10-11-30-20/h5-11,16-17,19,21H,12-15H2,1-4H3,(H,31,38)(H,32,37)(H,34,35)/t19-,21-,27+/m0/s1. The molecule has 0 radical (unpaired) electrons. The Labute approximate surface area is 238 Å². The summed E-state index contributed by atoms with van der Waals surface area (Å²) in [4.78, 5) is 73.1. The van der Waals surface area contributed by atoms with Gasteiger partial charge in [0.15, 0.2) is 5.60 Å². The fourth-order valence-corrected chi connectivity index (χ4v) is 4.55. The topological polar surface area (TPSA) is 177 Å². The van der Waals surface area contributed by atoms with Crippen LogP contribution in [0.25, 0.3) is 0 Å². The molecule has 2 aromatic rings. The zero-order valence-corrected chi connectivity index (χ0v) is 23.4. The van der Waals surface area contributed by atoms with Crippen molar-refractivity contribution >= 4 is 36.8 Å². The quantitative estimate of drug-likeness (QED) is 0.309. The predicted octanol–water partition coefficient (Wildman–Crippen LogP) is 0.641. The Morgan fingerprint density at radius 2 is 1.83 bits per heavy atom. The molecule has 0 unspecified atom stereocenters. The van der Waals surface area contributed by atoms with E-state index in [9.17, 15) is 29.1 Å². The number of aliphatic carboxylic acids is 1. The number of rotatable bonds is 12. The number of benzene rings is 1. The van der Waals surface area contributed by atoms with Crippen molar-refractivity contribution in [2.45, 2.75) is 57.1 Å². The molecule has 0 aliphatic carbocycles. The maximum atomic E-state index is 13.7. The lowest BCUT2D eigenvalue weighted by Gasteiger charge is -2.40. The molecule has 13 nitrogen and oxygen atoms in total. The second-order valence-electron chi connectivity index (χ2n) is 10.5. The number of amides is 3. The first-order valence-corrected chi connectivity index (χ1v) is 13.1. The highest BCUT2D eigenvalue weighted by Gasteiger charge is 2.55. The highest BCUT2D eigenvalue weighted by atomic mass is 16.6. The second kappa shape index (κ2) is 13.8. The fourth-order valence-electron chi connectivity index (χ4n) is 4.55. The molecule has 3 atom stereocenters. The van der Waals surface area contributed by atoms with E-state index in [0.717, 1.165) is 10.5 Å². The number of aromatic nitrogens is 2. The minimum Gasteiger partial charge on any atom is -0.508 e. The van der Waals surface area contributed by atoms with Gasteiger partial charge in [0.1, 0.15) is 11.7 Å². The van der Waals surface area contributed by atoms with Crippen LogP contribution in [-0.2, 0) is 34.9 Å². The third kappa shape index (κ3) is 8.58. The second-order valence-corrected chi connectivity index (χ2v) is 10.5. The van der Waals surface area contributed by atoms with Crippen LogP contribution >= 0.6 is 0 Å². The van der Waals surface area contributed by atoms with Gasteiger partial charge >= 0.3 is 13.1 Å². The summed E-state index contributed by atoms with van der Waals surface area (Å²) in [5.74, 6) is -5.12. The Kier molecular flexibility index (Phi) is 10.5. The summed E-state index contributed by atoms with van der Waals surface area (Å²) in [6, 6.07) is 7.96. The number of carboxylic acids is 1. The molecule has 0 bridgehead atoms. The van der Waals surface area contributed by atoms with Gasteiger partial charge in [-0.15, -0.1) is 0 Å². The molecule has 3 N–H and O–H groups in total. The molecular weight excluding hydrogens is 533 g/mol. The Bertz CT molecular complexity index is 1240. The molecule has 14 heteroatoms. The van der Waals surface area contributed by atoms with Crippen molar-refractivity contribution < 1.29 is 38.4 Å². The van der Waals surface area contributed by atoms with Gasteiger partial charge in [-0.25, -0.2) is 4.98 Å². The highest BCUT2D eigenvalue weighted by Crippen LogP contribution is 2.31. The van der Waals surface area contributed by atoms with Gasteiger partial charge in [-0.05, 0) is 17.9 Å². The summed E-state index contributed by atoms with van der Waals surface area (Å²) in [5, 5.41) is 15.0. The van der Waals surface area contributed by atoms with Gasteiger partial charge in [-0.3, -0.25) is 29.0 Å². The van der Waals surface area contributed by atoms with Crippen molar-refractivity contribution in [3.63, 3.8) is 0 Å². The monoisotopic (exact) mass is 567 g/mol. The van der Waals surface area contributed by atoms with Crippen molar-refractivity contribution in [3.8, 4) is 0 Å². The lowest BCUT2D eigenvalue weighted by molar-refractivity contribution is -0.169. The first-order chi connectivity index (χ1) is 19.4. The summed E-state index contributed by atoms with van der Waals surface area (Å²) in [5.41, 5.74) is -1.23. The number of carboxylic acid groups (broad SMARTS) is 1. The lowest BCUT2D eigenvalue weighted by atomic mass is 9.70. The third-order valence-electron chi connectivity index (χ3n) is 6.33. The summed E-state index contributed by atoms with van der Waals surface area (Å²) >= 11 is 0. The van der Waals surface area contributed by atoms with Crippen LogP contribution in [0.1, 0.15) is 49.2 Å². The van der Waals surface area contributed by atoms with E-state index in [1.165, 1.54) is 32.7 Å². The average molecular weight is 567 g/mol. The minimum absolute atomic E-state index is 0.0160. The van der Waals surface area contributed by atoms with E-state index in [0.29, 0.717) is 0 Å². The van der Waals surface area contributed by atoms with Crippen molar-refractivity contribution in [2.75, 3.05) is 14.1 Å². The highest BCUT2D eigenvalue weighted by molar-refractivity contribution is 6.50. The molecular formula is C27H34BN5O8. The van der Waals surface area contributed by atoms with Crippen molar-refractivity contribution in [1.82, 2.24) is 25.5 Å². The maximum Gasteiger partial charge on any atom is 0.552 e. The van der Waals surface area contributed by atoms with E-state index >= 15 is 0 Å². The van der Waals surface area contributed by atoms with Crippen LogP contribution < -0.4 is 10.6 Å². The van der Waals surface area contributed by atoms with Crippen LogP contribution in [0.4, 0.5) is 0 Å².